The summed E-state index contributed by atoms with van der Waals surface area (Å²) in [6, 6.07) is 2.94. The Morgan fingerprint density at radius 1 is 1.15 bits per heavy atom. The molecule has 0 fully saturated rings. The number of sulfonamides is 1. The Balaban J connectivity index is 2.34. The molecule has 1 N–H and O–H groups in total. The summed E-state index contributed by atoms with van der Waals surface area (Å²) in [5.74, 6) is -1.55. The van der Waals surface area contributed by atoms with Crippen LogP contribution in [0.25, 0.3) is 0 Å². The lowest BCUT2D eigenvalue weighted by Gasteiger charge is -2.15. The van der Waals surface area contributed by atoms with E-state index in [0.29, 0.717) is 0 Å². The third-order valence-corrected chi connectivity index (χ3v) is 4.91. The Labute approximate surface area is 150 Å². The topological polar surface area (TPSA) is 129 Å². The number of carbonyl (C=O) groups is 2. The molecule has 0 radical (unpaired) electrons. The van der Waals surface area contributed by atoms with Crippen molar-refractivity contribution in [2.24, 2.45) is 0 Å². The molecule has 0 aliphatic carbocycles. The van der Waals surface area contributed by atoms with Crippen molar-refractivity contribution in [1.82, 2.24) is 19.5 Å². The molecule has 1 aromatic heterocycles. The summed E-state index contributed by atoms with van der Waals surface area (Å²) in [6.45, 7) is 1.89. The number of esters is 2. The van der Waals surface area contributed by atoms with Gasteiger partial charge in [0, 0.05) is 6.04 Å². The molecule has 140 valence electrons. The minimum absolute atomic E-state index is 0.0836. The number of methoxy groups -OCH3 is 2. The summed E-state index contributed by atoms with van der Waals surface area (Å²) in [7, 11) is -1.71. The fraction of sp³-hybridized carbons (Fsp3) is 0.333. The molecule has 0 spiro atoms. The van der Waals surface area contributed by atoms with E-state index in [2.05, 4.69) is 24.3 Å². The average molecular weight is 382 g/mol. The predicted molar refractivity (Wildman–Crippen MR) is 88.9 cm³/mol. The highest BCUT2D eigenvalue weighted by Gasteiger charge is 2.23. The first-order valence-electron chi connectivity index (χ1n) is 7.43. The molecule has 11 heteroatoms. The van der Waals surface area contributed by atoms with Gasteiger partial charge in [0.2, 0.25) is 10.0 Å². The summed E-state index contributed by atoms with van der Waals surface area (Å²) >= 11 is 0. The molecule has 0 aliphatic heterocycles. The van der Waals surface area contributed by atoms with E-state index in [0.717, 1.165) is 26.4 Å². The maximum Gasteiger partial charge on any atom is 0.337 e. The molecular formula is C15H18N4O6S. The molecule has 0 aliphatic rings. The van der Waals surface area contributed by atoms with Crippen molar-refractivity contribution in [3.05, 3.63) is 42.0 Å². The average Bonchev–Trinajstić information content (AvgIpc) is 3.12. The van der Waals surface area contributed by atoms with Crippen LogP contribution in [0.15, 0.2) is 35.7 Å². The van der Waals surface area contributed by atoms with Crippen molar-refractivity contribution < 1.29 is 27.5 Å². The van der Waals surface area contributed by atoms with E-state index in [9.17, 15) is 18.0 Å². The number of nitrogens with zero attached hydrogens (tertiary/aromatic N) is 3. The normalized spacial score (nSPS) is 12.4. The molecular weight excluding hydrogens is 364 g/mol. The summed E-state index contributed by atoms with van der Waals surface area (Å²) < 4.78 is 38.4. The first-order valence-corrected chi connectivity index (χ1v) is 8.91. The molecule has 1 atom stereocenters. The van der Waals surface area contributed by atoms with E-state index in [1.807, 2.05) is 0 Å². The zero-order valence-electron chi connectivity index (χ0n) is 14.4. The number of carbonyl (C=O) groups excluding carboxylic acids is 2. The van der Waals surface area contributed by atoms with Crippen LogP contribution in [-0.2, 0) is 26.0 Å². The number of benzene rings is 1. The monoisotopic (exact) mass is 382 g/mol. The van der Waals surface area contributed by atoms with Crippen LogP contribution in [0.3, 0.4) is 0 Å². The van der Waals surface area contributed by atoms with Gasteiger partial charge >= 0.3 is 11.9 Å². The van der Waals surface area contributed by atoms with Crippen LogP contribution in [0.5, 0.6) is 0 Å². The zero-order valence-corrected chi connectivity index (χ0v) is 15.2. The van der Waals surface area contributed by atoms with Gasteiger partial charge in [0.05, 0.1) is 36.8 Å². The van der Waals surface area contributed by atoms with Gasteiger partial charge < -0.3 is 9.47 Å². The standard InChI is InChI=1S/C15H18N4O6S/c1-10(7-19-9-16-8-17-19)18-26(22,23)13-5-11(14(20)24-2)4-12(6-13)15(21)25-3/h4-6,8-10,18H,7H2,1-3H3. The molecule has 10 nitrogen and oxygen atoms in total. The Morgan fingerprint density at radius 2 is 1.73 bits per heavy atom. The van der Waals surface area contributed by atoms with Crippen LogP contribution in [-0.4, -0.2) is 55.4 Å². The quantitative estimate of drug-likeness (QED) is 0.673. The van der Waals surface area contributed by atoms with Crippen LogP contribution in [0.1, 0.15) is 27.6 Å². The van der Waals surface area contributed by atoms with Gasteiger partial charge in [-0.25, -0.2) is 27.7 Å². The van der Waals surface area contributed by atoms with Crippen molar-refractivity contribution >= 4 is 22.0 Å². The Kier molecular flexibility index (Phi) is 6.05. The van der Waals surface area contributed by atoms with Crippen LogP contribution < -0.4 is 4.72 Å². The molecule has 0 amide bonds. The maximum absolute atomic E-state index is 12.6. The lowest BCUT2D eigenvalue weighted by atomic mass is 10.1. The summed E-state index contributed by atoms with van der Waals surface area (Å²) in [4.78, 5) is 27.1. The molecule has 1 unspecified atom stereocenters. The van der Waals surface area contributed by atoms with Crippen LogP contribution >= 0.6 is 0 Å². The second-order valence-electron chi connectivity index (χ2n) is 5.37. The molecule has 2 rings (SSSR count). The molecule has 0 saturated carbocycles. The molecule has 1 aromatic carbocycles. The summed E-state index contributed by atoms with van der Waals surface area (Å²) in [5, 5.41) is 3.90. The summed E-state index contributed by atoms with van der Waals surface area (Å²) in [5.41, 5.74) is -0.167. The van der Waals surface area contributed by atoms with Crippen molar-refractivity contribution in [3.63, 3.8) is 0 Å². The van der Waals surface area contributed by atoms with Crippen molar-refractivity contribution in [1.29, 1.82) is 0 Å². The highest BCUT2D eigenvalue weighted by molar-refractivity contribution is 7.89. The van der Waals surface area contributed by atoms with Crippen LogP contribution in [0, 0.1) is 0 Å². The minimum atomic E-state index is -4.02. The van der Waals surface area contributed by atoms with E-state index >= 15 is 0 Å². The van der Waals surface area contributed by atoms with E-state index in [1.54, 1.807) is 6.92 Å². The summed E-state index contributed by atoms with van der Waals surface area (Å²) in [6.07, 6.45) is 2.79. The third kappa shape index (κ3) is 4.64. The number of ether oxygens (including phenoxy) is 2. The maximum atomic E-state index is 12.6. The van der Waals surface area contributed by atoms with E-state index in [-0.39, 0.29) is 22.6 Å². The highest BCUT2D eigenvalue weighted by atomic mass is 32.2. The first kappa shape index (κ1) is 19.5. The van der Waals surface area contributed by atoms with Crippen molar-refractivity contribution in [2.75, 3.05) is 14.2 Å². The number of hydrogen-bond donors (Lipinski definition) is 1. The molecule has 1 heterocycles. The van der Waals surface area contributed by atoms with E-state index in [1.165, 1.54) is 23.4 Å². The number of hydrogen-bond acceptors (Lipinski definition) is 8. The smallest absolute Gasteiger partial charge is 0.337 e. The van der Waals surface area contributed by atoms with Gasteiger partial charge in [0.15, 0.2) is 0 Å². The zero-order chi connectivity index (χ0) is 19.3. The molecule has 0 bridgehead atoms. The Hall–Kier alpha value is -2.79. The Bertz CT molecular complexity index is 861. The van der Waals surface area contributed by atoms with Gasteiger partial charge in [0.25, 0.3) is 0 Å². The van der Waals surface area contributed by atoms with Crippen LogP contribution in [0.2, 0.25) is 0 Å². The fourth-order valence-corrected chi connectivity index (χ4v) is 3.51. The predicted octanol–water partition coefficient (Wildman–Crippen LogP) is 0.218. The first-order chi connectivity index (χ1) is 12.3. The van der Waals surface area contributed by atoms with Gasteiger partial charge in [-0.2, -0.15) is 5.10 Å². The lowest BCUT2D eigenvalue weighted by Crippen LogP contribution is -2.36. The van der Waals surface area contributed by atoms with Crippen molar-refractivity contribution in [2.45, 2.75) is 24.4 Å². The van der Waals surface area contributed by atoms with Gasteiger partial charge in [-0.1, -0.05) is 0 Å². The van der Waals surface area contributed by atoms with Crippen molar-refractivity contribution in [3.8, 4) is 0 Å². The lowest BCUT2D eigenvalue weighted by molar-refractivity contribution is 0.0598. The minimum Gasteiger partial charge on any atom is -0.465 e. The molecule has 26 heavy (non-hydrogen) atoms. The molecule has 0 saturated heterocycles. The van der Waals surface area contributed by atoms with E-state index < -0.39 is 28.0 Å². The fourth-order valence-electron chi connectivity index (χ4n) is 2.20. The molecule has 2 aromatic rings. The number of nitrogens with one attached hydrogen (secondary N) is 1. The largest absolute Gasteiger partial charge is 0.465 e. The van der Waals surface area contributed by atoms with Gasteiger partial charge in [-0.15, -0.1) is 0 Å². The Morgan fingerprint density at radius 3 is 2.19 bits per heavy atom. The number of rotatable bonds is 7. The SMILES string of the molecule is COC(=O)c1cc(C(=O)OC)cc(S(=O)(=O)NC(C)Cn2cncn2)c1. The van der Waals surface area contributed by atoms with Gasteiger partial charge in [-0.3, -0.25) is 4.68 Å². The second-order valence-corrected chi connectivity index (χ2v) is 7.08. The van der Waals surface area contributed by atoms with Crippen LogP contribution in [0.4, 0.5) is 0 Å². The second kappa shape index (κ2) is 8.06. The highest BCUT2D eigenvalue weighted by Crippen LogP contribution is 2.17. The third-order valence-electron chi connectivity index (χ3n) is 3.34. The van der Waals surface area contributed by atoms with E-state index in [4.69, 9.17) is 0 Å². The van der Waals surface area contributed by atoms with Gasteiger partial charge in [0.1, 0.15) is 12.7 Å². The van der Waals surface area contributed by atoms with Gasteiger partial charge in [-0.05, 0) is 25.1 Å². The number of aromatic nitrogens is 3.